The highest BCUT2D eigenvalue weighted by atomic mass is 19.1. The molecule has 19 heavy (non-hydrogen) atoms. The average Bonchev–Trinajstić information content (AvgIpc) is 2.37. The van der Waals surface area contributed by atoms with Gasteiger partial charge in [0, 0.05) is 13.6 Å². The Bertz CT molecular complexity index is 476. The van der Waals surface area contributed by atoms with Crippen molar-refractivity contribution in [1.82, 2.24) is 4.90 Å². The molecule has 104 valence electrons. The Labute approximate surface area is 110 Å². The molecule has 0 aliphatic rings. The van der Waals surface area contributed by atoms with E-state index in [1.54, 1.807) is 0 Å². The number of halogens is 1. The normalized spacial score (nSPS) is 10.1. The number of likely N-dealkylation sites (N-methyl/N-ethyl adjacent to an activating group) is 1. The van der Waals surface area contributed by atoms with Crippen molar-refractivity contribution < 1.29 is 23.8 Å². The van der Waals surface area contributed by atoms with E-state index in [1.807, 2.05) is 0 Å². The molecule has 0 saturated carbocycles. The van der Waals surface area contributed by atoms with Gasteiger partial charge in [0.05, 0.1) is 20.0 Å². The third-order valence-corrected chi connectivity index (χ3v) is 2.66. The summed E-state index contributed by atoms with van der Waals surface area (Å²) in [6.45, 7) is 0.145. The maximum absolute atomic E-state index is 13.2. The molecule has 1 aromatic carbocycles. The molecular formula is C13H16FNO4. The van der Waals surface area contributed by atoms with Crippen LogP contribution in [0.15, 0.2) is 18.2 Å². The van der Waals surface area contributed by atoms with Crippen LogP contribution in [0.3, 0.4) is 0 Å². The summed E-state index contributed by atoms with van der Waals surface area (Å²) in [6, 6.07) is 4.19. The Balaban J connectivity index is 2.63. The van der Waals surface area contributed by atoms with E-state index in [2.05, 4.69) is 0 Å². The lowest BCUT2D eigenvalue weighted by molar-refractivity contribution is -0.138. The molecule has 1 aromatic rings. The molecule has 0 unspecified atom stereocenters. The van der Waals surface area contributed by atoms with Crippen molar-refractivity contribution in [1.29, 1.82) is 0 Å². The van der Waals surface area contributed by atoms with Crippen molar-refractivity contribution in [3.8, 4) is 5.75 Å². The highest BCUT2D eigenvalue weighted by molar-refractivity contribution is 5.79. The number of ether oxygens (including phenoxy) is 1. The molecule has 1 N–H and O–H groups in total. The fraction of sp³-hybridized carbons (Fsp3) is 0.385. The van der Waals surface area contributed by atoms with E-state index in [9.17, 15) is 14.0 Å². The minimum Gasteiger partial charge on any atom is -0.494 e. The Kier molecular flexibility index (Phi) is 5.29. The number of hydrogen-bond donors (Lipinski definition) is 1. The maximum atomic E-state index is 13.2. The molecule has 0 radical (unpaired) electrons. The second kappa shape index (κ2) is 6.72. The molecule has 5 nitrogen and oxygen atoms in total. The van der Waals surface area contributed by atoms with Gasteiger partial charge in [-0.3, -0.25) is 9.59 Å². The number of carboxylic acids is 1. The summed E-state index contributed by atoms with van der Waals surface area (Å²) in [4.78, 5) is 23.6. The molecule has 0 atom stereocenters. The molecule has 0 spiro atoms. The van der Waals surface area contributed by atoms with Crippen LogP contribution in [0, 0.1) is 5.82 Å². The maximum Gasteiger partial charge on any atom is 0.305 e. The van der Waals surface area contributed by atoms with E-state index in [0.717, 1.165) is 0 Å². The highest BCUT2D eigenvalue weighted by Gasteiger charge is 2.12. The van der Waals surface area contributed by atoms with Crippen molar-refractivity contribution in [2.24, 2.45) is 0 Å². The van der Waals surface area contributed by atoms with Crippen LogP contribution in [0.2, 0.25) is 0 Å². The van der Waals surface area contributed by atoms with Gasteiger partial charge in [0.2, 0.25) is 5.91 Å². The average molecular weight is 269 g/mol. The second-order valence-corrected chi connectivity index (χ2v) is 4.10. The summed E-state index contributed by atoms with van der Waals surface area (Å²) in [5.41, 5.74) is 0.616. The van der Waals surface area contributed by atoms with Crippen LogP contribution in [0.25, 0.3) is 0 Å². The molecule has 1 amide bonds. The van der Waals surface area contributed by atoms with Crippen LogP contribution in [0.1, 0.15) is 12.0 Å². The van der Waals surface area contributed by atoms with E-state index in [4.69, 9.17) is 9.84 Å². The van der Waals surface area contributed by atoms with Gasteiger partial charge in [0.25, 0.3) is 0 Å². The molecule has 0 fully saturated rings. The number of amides is 1. The smallest absolute Gasteiger partial charge is 0.305 e. The quantitative estimate of drug-likeness (QED) is 0.845. The first-order valence-corrected chi connectivity index (χ1v) is 5.72. The van der Waals surface area contributed by atoms with Gasteiger partial charge in [0.15, 0.2) is 11.6 Å². The number of hydrogen-bond acceptors (Lipinski definition) is 3. The van der Waals surface area contributed by atoms with Crippen LogP contribution >= 0.6 is 0 Å². The van der Waals surface area contributed by atoms with Crippen molar-refractivity contribution in [2.45, 2.75) is 12.8 Å². The molecule has 0 saturated heterocycles. The van der Waals surface area contributed by atoms with Crippen molar-refractivity contribution in [3.63, 3.8) is 0 Å². The molecule has 0 heterocycles. The topological polar surface area (TPSA) is 66.8 Å². The van der Waals surface area contributed by atoms with Crippen LogP contribution < -0.4 is 4.74 Å². The summed E-state index contributed by atoms with van der Waals surface area (Å²) in [7, 11) is 2.88. The van der Waals surface area contributed by atoms with E-state index in [0.29, 0.717) is 5.56 Å². The predicted octanol–water partition coefficient (Wildman–Crippen LogP) is 1.31. The standard InChI is InChI=1S/C13H16FNO4/c1-15(6-5-13(17)18)12(16)8-9-3-4-10(14)11(7-9)19-2/h3-4,7H,5-6,8H2,1-2H3,(H,17,18). The number of nitrogens with zero attached hydrogens (tertiary/aromatic N) is 1. The lowest BCUT2D eigenvalue weighted by Crippen LogP contribution is -2.30. The van der Waals surface area contributed by atoms with Crippen LogP contribution in [-0.4, -0.2) is 42.6 Å². The second-order valence-electron chi connectivity index (χ2n) is 4.10. The fourth-order valence-corrected chi connectivity index (χ4v) is 1.51. The van der Waals surface area contributed by atoms with E-state index < -0.39 is 11.8 Å². The number of carbonyl (C=O) groups excluding carboxylic acids is 1. The van der Waals surface area contributed by atoms with Crippen LogP contribution in [-0.2, 0) is 16.0 Å². The number of carboxylic acid groups (broad SMARTS) is 1. The van der Waals surface area contributed by atoms with Crippen LogP contribution in [0.4, 0.5) is 4.39 Å². The zero-order chi connectivity index (χ0) is 14.4. The molecule has 0 aromatic heterocycles. The first-order valence-electron chi connectivity index (χ1n) is 5.72. The number of benzene rings is 1. The SMILES string of the molecule is COc1cc(CC(=O)N(C)CCC(=O)O)ccc1F. The van der Waals surface area contributed by atoms with Crippen molar-refractivity contribution in [2.75, 3.05) is 20.7 Å². The summed E-state index contributed by atoms with van der Waals surface area (Å²) < 4.78 is 18.0. The third kappa shape index (κ3) is 4.57. The lowest BCUT2D eigenvalue weighted by Gasteiger charge is -2.16. The minimum atomic E-state index is -0.955. The summed E-state index contributed by atoms with van der Waals surface area (Å²) >= 11 is 0. The number of carbonyl (C=O) groups is 2. The third-order valence-electron chi connectivity index (χ3n) is 2.66. The largest absolute Gasteiger partial charge is 0.494 e. The van der Waals surface area contributed by atoms with Gasteiger partial charge in [-0.05, 0) is 17.7 Å². The Morgan fingerprint density at radius 3 is 2.68 bits per heavy atom. The van der Waals surface area contributed by atoms with Gasteiger partial charge in [-0.2, -0.15) is 0 Å². The molecule has 6 heteroatoms. The first kappa shape index (κ1) is 14.9. The summed E-state index contributed by atoms with van der Waals surface area (Å²) in [5, 5.41) is 8.54. The lowest BCUT2D eigenvalue weighted by atomic mass is 10.1. The van der Waals surface area contributed by atoms with Gasteiger partial charge in [0.1, 0.15) is 0 Å². The van der Waals surface area contributed by atoms with Gasteiger partial charge in [-0.1, -0.05) is 6.07 Å². The van der Waals surface area contributed by atoms with Crippen LogP contribution in [0.5, 0.6) is 5.75 Å². The Morgan fingerprint density at radius 2 is 2.11 bits per heavy atom. The summed E-state index contributed by atoms with van der Waals surface area (Å²) in [5.74, 6) is -1.59. The van der Waals surface area contributed by atoms with Crippen molar-refractivity contribution >= 4 is 11.9 Å². The Morgan fingerprint density at radius 1 is 1.42 bits per heavy atom. The van der Waals surface area contributed by atoms with E-state index in [-0.39, 0.29) is 31.0 Å². The van der Waals surface area contributed by atoms with E-state index >= 15 is 0 Å². The first-order chi connectivity index (χ1) is 8.93. The highest BCUT2D eigenvalue weighted by Crippen LogP contribution is 2.18. The predicted molar refractivity (Wildman–Crippen MR) is 66.5 cm³/mol. The Hall–Kier alpha value is -2.11. The minimum absolute atomic E-state index is 0.0761. The molecule has 0 bridgehead atoms. The van der Waals surface area contributed by atoms with Gasteiger partial charge in [-0.15, -0.1) is 0 Å². The number of rotatable bonds is 6. The van der Waals surface area contributed by atoms with E-state index in [1.165, 1.54) is 37.3 Å². The van der Waals surface area contributed by atoms with Crippen molar-refractivity contribution in [3.05, 3.63) is 29.6 Å². The monoisotopic (exact) mass is 269 g/mol. The molecule has 0 aliphatic heterocycles. The van der Waals surface area contributed by atoms with Gasteiger partial charge in [-0.25, -0.2) is 4.39 Å². The zero-order valence-corrected chi connectivity index (χ0v) is 10.9. The summed E-state index contributed by atoms with van der Waals surface area (Å²) in [6.07, 6.45) is -0.0261. The number of methoxy groups -OCH3 is 1. The van der Waals surface area contributed by atoms with Gasteiger partial charge < -0.3 is 14.7 Å². The molecular weight excluding hydrogens is 253 g/mol. The zero-order valence-electron chi connectivity index (χ0n) is 10.9. The number of aliphatic carboxylic acids is 1. The molecule has 0 aliphatic carbocycles. The molecule has 1 rings (SSSR count). The van der Waals surface area contributed by atoms with Gasteiger partial charge >= 0.3 is 5.97 Å². The fourth-order valence-electron chi connectivity index (χ4n) is 1.51.